The van der Waals surface area contributed by atoms with Gasteiger partial charge in [-0.15, -0.1) is 0 Å². The molecule has 0 atom stereocenters. The average Bonchev–Trinajstić information content (AvgIpc) is 2.39. The van der Waals surface area contributed by atoms with Crippen LogP contribution < -0.4 is 10.5 Å². The van der Waals surface area contributed by atoms with E-state index in [0.717, 1.165) is 26.3 Å². The molecular formula is C17H29NOSi. The van der Waals surface area contributed by atoms with Crippen molar-refractivity contribution in [2.24, 2.45) is 5.41 Å². The van der Waals surface area contributed by atoms with Crippen LogP contribution in [0.4, 0.5) is 0 Å². The highest BCUT2D eigenvalue weighted by Gasteiger charge is 2.26. The maximum Gasteiger partial charge on any atom is 0.0775 e. The van der Waals surface area contributed by atoms with Crippen molar-refractivity contribution in [2.75, 3.05) is 19.8 Å². The van der Waals surface area contributed by atoms with Crippen molar-refractivity contribution in [2.45, 2.75) is 46.0 Å². The lowest BCUT2D eigenvalue weighted by Gasteiger charge is -2.33. The first-order chi connectivity index (χ1) is 9.39. The molecule has 112 valence electrons. The smallest absolute Gasteiger partial charge is 0.0775 e. The van der Waals surface area contributed by atoms with E-state index < -0.39 is 8.07 Å². The van der Waals surface area contributed by atoms with Crippen LogP contribution in [-0.2, 0) is 11.3 Å². The molecule has 0 aromatic heterocycles. The van der Waals surface area contributed by atoms with Crippen molar-refractivity contribution in [1.82, 2.24) is 5.32 Å². The molecule has 1 fully saturated rings. The summed E-state index contributed by atoms with van der Waals surface area (Å²) in [6.07, 6.45) is 2.35. The quantitative estimate of drug-likeness (QED) is 0.842. The lowest BCUT2D eigenvalue weighted by atomic mass is 9.82. The van der Waals surface area contributed by atoms with Gasteiger partial charge in [-0.05, 0) is 23.8 Å². The molecule has 1 heterocycles. The Morgan fingerprint density at radius 2 is 1.70 bits per heavy atom. The van der Waals surface area contributed by atoms with Crippen molar-refractivity contribution in [3.63, 3.8) is 0 Å². The predicted octanol–water partition coefficient (Wildman–Crippen LogP) is 3.14. The lowest BCUT2D eigenvalue weighted by molar-refractivity contribution is 0.0240. The van der Waals surface area contributed by atoms with Gasteiger partial charge in [-0.3, -0.25) is 0 Å². The van der Waals surface area contributed by atoms with Gasteiger partial charge in [-0.1, -0.05) is 56.0 Å². The Morgan fingerprint density at radius 1 is 1.10 bits per heavy atom. The first kappa shape index (κ1) is 15.7. The lowest BCUT2D eigenvalue weighted by Crippen LogP contribution is -2.38. The summed E-state index contributed by atoms with van der Waals surface area (Å²) >= 11 is 0. The highest BCUT2D eigenvalue weighted by Crippen LogP contribution is 2.28. The van der Waals surface area contributed by atoms with E-state index >= 15 is 0 Å². The monoisotopic (exact) mass is 291 g/mol. The van der Waals surface area contributed by atoms with E-state index in [4.69, 9.17) is 4.74 Å². The molecule has 0 amide bonds. The van der Waals surface area contributed by atoms with Crippen LogP contribution in [0.15, 0.2) is 24.3 Å². The van der Waals surface area contributed by atoms with Gasteiger partial charge >= 0.3 is 0 Å². The SMILES string of the molecule is CC1(CNCc2ccc([Si](C)(C)C)cc2)CCOCC1. The summed E-state index contributed by atoms with van der Waals surface area (Å²) in [7, 11) is -1.16. The molecule has 0 radical (unpaired) electrons. The third-order valence-electron chi connectivity index (χ3n) is 4.40. The van der Waals surface area contributed by atoms with Crippen LogP contribution in [0.3, 0.4) is 0 Å². The van der Waals surface area contributed by atoms with Crippen molar-refractivity contribution >= 4 is 13.3 Å². The number of nitrogens with one attached hydrogen (secondary N) is 1. The zero-order chi connectivity index (χ0) is 14.6. The van der Waals surface area contributed by atoms with Crippen molar-refractivity contribution < 1.29 is 4.74 Å². The summed E-state index contributed by atoms with van der Waals surface area (Å²) in [5.74, 6) is 0. The van der Waals surface area contributed by atoms with Gasteiger partial charge in [0, 0.05) is 26.3 Å². The van der Waals surface area contributed by atoms with Gasteiger partial charge in [0.2, 0.25) is 0 Å². The Labute approximate surface area is 124 Å². The number of hydrogen-bond donors (Lipinski definition) is 1. The summed E-state index contributed by atoms with van der Waals surface area (Å²) in [6, 6.07) is 9.21. The first-order valence-electron chi connectivity index (χ1n) is 7.77. The third kappa shape index (κ3) is 4.44. The largest absolute Gasteiger partial charge is 0.381 e. The Morgan fingerprint density at radius 3 is 2.25 bits per heavy atom. The van der Waals surface area contributed by atoms with E-state index in [1.165, 1.54) is 23.6 Å². The third-order valence-corrected chi connectivity index (χ3v) is 6.47. The minimum absolute atomic E-state index is 0.413. The number of hydrogen-bond acceptors (Lipinski definition) is 2. The highest BCUT2D eigenvalue weighted by molar-refractivity contribution is 6.88. The van der Waals surface area contributed by atoms with Crippen LogP contribution in [0.25, 0.3) is 0 Å². The molecule has 2 rings (SSSR count). The van der Waals surface area contributed by atoms with Crippen LogP contribution in [0.5, 0.6) is 0 Å². The molecule has 3 heteroatoms. The van der Waals surface area contributed by atoms with Crippen LogP contribution in [0.2, 0.25) is 19.6 Å². The Balaban J connectivity index is 1.82. The van der Waals surface area contributed by atoms with Crippen molar-refractivity contribution in [1.29, 1.82) is 0 Å². The Hall–Kier alpha value is -0.643. The molecule has 0 bridgehead atoms. The standard InChI is InChI=1S/C17H29NOSi/c1-17(9-11-19-12-10-17)14-18-13-15-5-7-16(8-6-15)20(2,3)4/h5-8,18H,9-14H2,1-4H3. The first-order valence-corrected chi connectivity index (χ1v) is 11.3. The minimum atomic E-state index is -1.16. The van der Waals surface area contributed by atoms with Gasteiger partial charge in [-0.25, -0.2) is 0 Å². The second kappa shape index (κ2) is 6.42. The molecule has 1 N–H and O–H groups in total. The number of rotatable bonds is 5. The van der Waals surface area contributed by atoms with Crippen molar-refractivity contribution in [3.05, 3.63) is 29.8 Å². The summed E-state index contributed by atoms with van der Waals surface area (Å²) < 4.78 is 5.45. The maximum absolute atomic E-state index is 5.45. The van der Waals surface area contributed by atoms with Gasteiger partial charge in [0.1, 0.15) is 0 Å². The van der Waals surface area contributed by atoms with E-state index in [0.29, 0.717) is 5.41 Å². The Kier molecular flexibility index (Phi) is 5.05. The highest BCUT2D eigenvalue weighted by atomic mass is 28.3. The van der Waals surface area contributed by atoms with Crippen LogP contribution in [0.1, 0.15) is 25.3 Å². The molecule has 20 heavy (non-hydrogen) atoms. The molecule has 0 saturated carbocycles. The van der Waals surface area contributed by atoms with Crippen LogP contribution in [0, 0.1) is 5.41 Å². The zero-order valence-electron chi connectivity index (χ0n) is 13.5. The molecular weight excluding hydrogens is 262 g/mol. The molecule has 1 aliphatic heterocycles. The van der Waals surface area contributed by atoms with Gasteiger partial charge in [0.05, 0.1) is 8.07 Å². The topological polar surface area (TPSA) is 21.3 Å². The van der Waals surface area contributed by atoms with Crippen molar-refractivity contribution in [3.8, 4) is 0 Å². The van der Waals surface area contributed by atoms with Crippen LogP contribution in [-0.4, -0.2) is 27.8 Å². The van der Waals surface area contributed by atoms with E-state index in [2.05, 4.69) is 56.1 Å². The van der Waals surface area contributed by atoms with E-state index in [-0.39, 0.29) is 0 Å². The molecule has 1 aromatic rings. The second-order valence-electron chi connectivity index (χ2n) is 7.47. The van der Waals surface area contributed by atoms with Gasteiger partial charge in [0.25, 0.3) is 0 Å². The molecule has 2 nitrogen and oxygen atoms in total. The van der Waals surface area contributed by atoms with E-state index in [9.17, 15) is 0 Å². The molecule has 0 aliphatic carbocycles. The summed E-state index contributed by atoms with van der Waals surface area (Å²) in [5.41, 5.74) is 1.80. The minimum Gasteiger partial charge on any atom is -0.381 e. The number of ether oxygens (including phenoxy) is 1. The average molecular weight is 292 g/mol. The summed E-state index contributed by atoms with van der Waals surface area (Å²) in [4.78, 5) is 0. The maximum atomic E-state index is 5.45. The number of benzene rings is 1. The normalized spacial score (nSPS) is 19.0. The fraction of sp³-hybridized carbons (Fsp3) is 0.647. The molecule has 1 aromatic carbocycles. The Bertz CT molecular complexity index is 416. The predicted molar refractivity (Wildman–Crippen MR) is 89.3 cm³/mol. The van der Waals surface area contributed by atoms with E-state index in [1.807, 2.05) is 0 Å². The fourth-order valence-electron chi connectivity index (χ4n) is 2.67. The summed E-state index contributed by atoms with van der Waals surface area (Å²) in [6.45, 7) is 13.5. The molecule has 0 unspecified atom stereocenters. The molecule has 0 spiro atoms. The fourth-order valence-corrected chi connectivity index (χ4v) is 3.84. The van der Waals surface area contributed by atoms with Crippen LogP contribution >= 0.6 is 0 Å². The second-order valence-corrected chi connectivity index (χ2v) is 12.6. The molecule has 1 saturated heterocycles. The summed E-state index contributed by atoms with van der Waals surface area (Å²) in [5, 5.41) is 5.17. The van der Waals surface area contributed by atoms with Gasteiger partial charge < -0.3 is 10.1 Å². The van der Waals surface area contributed by atoms with Gasteiger partial charge in [0.15, 0.2) is 0 Å². The van der Waals surface area contributed by atoms with Gasteiger partial charge in [-0.2, -0.15) is 0 Å². The molecule has 1 aliphatic rings. The zero-order valence-corrected chi connectivity index (χ0v) is 14.5. The van der Waals surface area contributed by atoms with E-state index in [1.54, 1.807) is 0 Å².